The third kappa shape index (κ3) is 5.69. The average Bonchev–Trinajstić information content (AvgIpc) is 3.24. The minimum atomic E-state index is -1.71. The highest BCUT2D eigenvalue weighted by Crippen LogP contribution is 2.40. The van der Waals surface area contributed by atoms with Crippen molar-refractivity contribution in [2.45, 2.75) is 83.3 Å². The van der Waals surface area contributed by atoms with E-state index in [1.165, 1.54) is 7.11 Å². The molecule has 7 nitrogen and oxygen atoms in total. The van der Waals surface area contributed by atoms with E-state index < -0.39 is 8.32 Å². The summed E-state index contributed by atoms with van der Waals surface area (Å²) in [5, 5.41) is 0.245. The number of aromatic nitrogens is 1. The van der Waals surface area contributed by atoms with Crippen LogP contribution in [0.4, 0.5) is 11.4 Å². The van der Waals surface area contributed by atoms with Gasteiger partial charge in [-0.15, -0.1) is 0 Å². The van der Waals surface area contributed by atoms with Crippen LogP contribution in [0.25, 0.3) is 11.1 Å². The summed E-state index contributed by atoms with van der Waals surface area (Å²) >= 11 is 0. The van der Waals surface area contributed by atoms with E-state index in [0.717, 1.165) is 86.6 Å². The predicted octanol–water partition coefficient (Wildman–Crippen LogP) is 6.10. The summed E-state index contributed by atoms with van der Waals surface area (Å²) in [4.78, 5) is 19.1. The first-order valence-electron chi connectivity index (χ1n) is 13.1. The van der Waals surface area contributed by atoms with Gasteiger partial charge in [-0.3, -0.25) is 4.79 Å². The Bertz CT molecular complexity index is 1030. The Balaban J connectivity index is 1.37. The summed E-state index contributed by atoms with van der Waals surface area (Å²) in [7, 11) is -0.247. The number of esters is 1. The minimum Gasteiger partial charge on any atom is -0.469 e. The number of carbonyl (C=O) groups excluding carboxylic acids is 1. The molecule has 1 aliphatic carbocycles. The summed E-state index contributed by atoms with van der Waals surface area (Å²) in [6, 6.07) is 4.01. The van der Waals surface area contributed by atoms with Gasteiger partial charge in [-0.1, -0.05) is 20.8 Å². The van der Waals surface area contributed by atoms with Crippen LogP contribution in [0.15, 0.2) is 16.5 Å². The number of nitrogens with two attached hydrogens (primary N) is 1. The Morgan fingerprint density at radius 2 is 1.80 bits per heavy atom. The van der Waals surface area contributed by atoms with Gasteiger partial charge in [0.05, 0.1) is 24.4 Å². The Morgan fingerprint density at radius 1 is 1.14 bits per heavy atom. The number of methoxy groups -OCH3 is 1. The van der Waals surface area contributed by atoms with Crippen molar-refractivity contribution >= 4 is 36.8 Å². The summed E-state index contributed by atoms with van der Waals surface area (Å²) < 4.78 is 17.5. The fourth-order valence-electron chi connectivity index (χ4n) is 5.07. The molecule has 0 amide bonds. The van der Waals surface area contributed by atoms with E-state index in [-0.39, 0.29) is 22.8 Å². The first-order chi connectivity index (χ1) is 16.5. The number of carbonyl (C=O) groups is 1. The normalized spacial score (nSPS) is 22.5. The van der Waals surface area contributed by atoms with Crippen LogP contribution in [0.1, 0.15) is 71.1 Å². The number of hydrogen-bond donors (Lipinski definition) is 1. The molecule has 4 rings (SSSR count). The molecule has 0 atom stereocenters. The summed E-state index contributed by atoms with van der Waals surface area (Å²) in [6.45, 7) is 14.4. The zero-order valence-electron chi connectivity index (χ0n) is 22.4. The molecule has 0 spiro atoms. The lowest BCUT2D eigenvalue weighted by atomic mass is 9.82. The highest BCUT2D eigenvalue weighted by molar-refractivity contribution is 6.74. The van der Waals surface area contributed by atoms with E-state index >= 15 is 0 Å². The first-order valence-corrected chi connectivity index (χ1v) is 16.1. The SMILES string of the molecule is COC(=O)C1CCC(c2nc3cc(N4CCC(CO[Si](C)(C)C(C)(C)C)CC4)c(N)cc3o2)CC1. The molecule has 8 heteroatoms. The lowest BCUT2D eigenvalue weighted by Gasteiger charge is -2.39. The van der Waals surface area contributed by atoms with Crippen LogP contribution in [-0.2, 0) is 14.0 Å². The van der Waals surface area contributed by atoms with E-state index in [1.807, 2.05) is 6.07 Å². The van der Waals surface area contributed by atoms with Gasteiger partial charge in [0.25, 0.3) is 0 Å². The van der Waals surface area contributed by atoms with Crippen molar-refractivity contribution in [3.8, 4) is 0 Å². The van der Waals surface area contributed by atoms with Crippen molar-refractivity contribution in [3.63, 3.8) is 0 Å². The fraction of sp³-hybridized carbons (Fsp3) is 0.704. The largest absolute Gasteiger partial charge is 0.469 e. The molecule has 35 heavy (non-hydrogen) atoms. The molecule has 2 fully saturated rings. The average molecular weight is 502 g/mol. The molecule has 1 aromatic carbocycles. The van der Waals surface area contributed by atoms with Crippen LogP contribution < -0.4 is 10.6 Å². The number of nitrogens with zero attached hydrogens (tertiary/aromatic N) is 2. The van der Waals surface area contributed by atoms with Crippen LogP contribution in [0.3, 0.4) is 0 Å². The van der Waals surface area contributed by atoms with Crippen LogP contribution in [0.5, 0.6) is 0 Å². The second-order valence-electron chi connectivity index (χ2n) is 12.0. The molecular formula is C27H43N3O4Si. The zero-order valence-corrected chi connectivity index (χ0v) is 23.4. The number of hydrogen-bond acceptors (Lipinski definition) is 7. The van der Waals surface area contributed by atoms with Gasteiger partial charge >= 0.3 is 5.97 Å². The van der Waals surface area contributed by atoms with E-state index in [0.29, 0.717) is 5.92 Å². The molecule has 2 N–H and O–H groups in total. The maximum Gasteiger partial charge on any atom is 0.308 e. The molecular weight excluding hydrogens is 458 g/mol. The van der Waals surface area contributed by atoms with Crippen LogP contribution in [0.2, 0.25) is 18.1 Å². The van der Waals surface area contributed by atoms with Crippen molar-refractivity contribution in [2.24, 2.45) is 11.8 Å². The lowest BCUT2D eigenvalue weighted by Crippen LogP contribution is -2.43. The number of fused-ring (bicyclic) bond motifs is 1. The Hall–Kier alpha value is -2.06. The van der Waals surface area contributed by atoms with E-state index in [4.69, 9.17) is 24.3 Å². The number of piperidine rings is 1. The van der Waals surface area contributed by atoms with Gasteiger partial charge in [0.15, 0.2) is 19.8 Å². The molecule has 1 saturated heterocycles. The van der Waals surface area contributed by atoms with Crippen molar-refractivity contribution in [1.29, 1.82) is 0 Å². The number of rotatable bonds is 6. The Morgan fingerprint density at radius 3 is 2.40 bits per heavy atom. The molecule has 0 unspecified atom stereocenters. The van der Waals surface area contributed by atoms with Crippen LogP contribution >= 0.6 is 0 Å². The molecule has 1 aromatic heterocycles. The van der Waals surface area contributed by atoms with Crippen molar-refractivity contribution in [1.82, 2.24) is 4.98 Å². The Labute approximate surface area is 210 Å². The molecule has 0 radical (unpaired) electrons. The van der Waals surface area contributed by atoms with Gasteiger partial charge in [-0.05, 0) is 68.6 Å². The number of ether oxygens (including phenoxy) is 1. The molecule has 1 aliphatic heterocycles. The van der Waals surface area contributed by atoms with Crippen molar-refractivity contribution in [3.05, 3.63) is 18.0 Å². The summed E-state index contributed by atoms with van der Waals surface area (Å²) in [6.07, 6.45) is 5.63. The molecule has 2 aliphatic rings. The van der Waals surface area contributed by atoms with Crippen LogP contribution in [-0.4, -0.2) is 46.1 Å². The van der Waals surface area contributed by atoms with E-state index in [9.17, 15) is 4.79 Å². The molecule has 1 saturated carbocycles. The second kappa shape index (κ2) is 10.1. The zero-order chi connectivity index (χ0) is 25.4. The third-order valence-electron chi connectivity index (χ3n) is 8.61. The highest BCUT2D eigenvalue weighted by Gasteiger charge is 2.38. The first kappa shape index (κ1) is 26.0. The van der Waals surface area contributed by atoms with Gasteiger partial charge in [0.2, 0.25) is 0 Å². The van der Waals surface area contributed by atoms with E-state index in [2.05, 4.69) is 44.8 Å². The molecule has 194 valence electrons. The predicted molar refractivity (Wildman–Crippen MR) is 143 cm³/mol. The van der Waals surface area contributed by atoms with Gasteiger partial charge in [-0.25, -0.2) is 4.98 Å². The van der Waals surface area contributed by atoms with Gasteiger partial charge < -0.3 is 24.2 Å². The third-order valence-corrected chi connectivity index (χ3v) is 13.1. The minimum absolute atomic E-state index is 0.00178. The highest BCUT2D eigenvalue weighted by atomic mass is 28.4. The standard InChI is InChI=1S/C27H43N3O4Si/c1-27(2,3)35(5,6)33-17-18-11-13-30(14-12-18)23-16-22-24(15-21(23)28)34-25(29-22)19-7-9-20(10-8-19)26(31)32-4/h15-16,18-20H,7-14,17,28H2,1-6H3. The van der Waals surface area contributed by atoms with Gasteiger partial charge in [0.1, 0.15) is 5.52 Å². The van der Waals surface area contributed by atoms with Crippen molar-refractivity contribution < 1.29 is 18.4 Å². The maximum atomic E-state index is 11.8. The number of oxazole rings is 1. The summed E-state index contributed by atoms with van der Waals surface area (Å²) in [5.41, 5.74) is 9.87. The number of nitrogen functional groups attached to an aromatic ring is 1. The quantitative estimate of drug-likeness (QED) is 0.291. The van der Waals surface area contributed by atoms with E-state index in [1.54, 1.807) is 0 Å². The van der Waals surface area contributed by atoms with Gasteiger partial charge in [-0.2, -0.15) is 0 Å². The monoisotopic (exact) mass is 501 g/mol. The molecule has 0 bridgehead atoms. The smallest absolute Gasteiger partial charge is 0.308 e. The molecule has 2 heterocycles. The number of benzene rings is 1. The number of anilines is 2. The summed E-state index contributed by atoms with van der Waals surface area (Å²) in [5.74, 6) is 1.50. The maximum absolute atomic E-state index is 11.8. The fourth-order valence-corrected chi connectivity index (χ4v) is 6.16. The Kier molecular flexibility index (Phi) is 7.53. The van der Waals surface area contributed by atoms with Gasteiger partial charge in [0, 0.05) is 31.7 Å². The lowest BCUT2D eigenvalue weighted by molar-refractivity contribution is -0.146. The molecule has 2 aromatic rings. The second-order valence-corrected chi connectivity index (χ2v) is 16.8. The topological polar surface area (TPSA) is 90.8 Å². The van der Waals surface area contributed by atoms with Crippen LogP contribution in [0, 0.1) is 11.8 Å². The van der Waals surface area contributed by atoms with Crippen molar-refractivity contribution in [2.75, 3.05) is 37.4 Å².